The van der Waals surface area contributed by atoms with Gasteiger partial charge in [-0.3, -0.25) is 9.80 Å². The van der Waals surface area contributed by atoms with E-state index in [1.165, 1.54) is 0 Å². The molecule has 2 aromatic rings. The molecule has 0 aromatic heterocycles. The van der Waals surface area contributed by atoms with E-state index in [2.05, 4.69) is 20.7 Å². The summed E-state index contributed by atoms with van der Waals surface area (Å²) in [5.41, 5.74) is 0.381. The lowest BCUT2D eigenvalue weighted by molar-refractivity contribution is -0.138. The van der Waals surface area contributed by atoms with Gasteiger partial charge in [0.1, 0.15) is 17.2 Å². The lowest BCUT2D eigenvalue weighted by Gasteiger charge is -2.29. The molecule has 0 bridgehead atoms. The van der Waals surface area contributed by atoms with Gasteiger partial charge in [0.15, 0.2) is 0 Å². The predicted octanol–water partition coefficient (Wildman–Crippen LogP) is 3.63. The van der Waals surface area contributed by atoms with E-state index in [1.54, 1.807) is 5.01 Å². The molecule has 1 heterocycles. The number of aliphatic hydroxyl groups excluding tert-OH is 1. The molecule has 2 aromatic carbocycles. The summed E-state index contributed by atoms with van der Waals surface area (Å²) in [6.45, 7) is 1.22. The lowest BCUT2D eigenvalue weighted by Crippen LogP contribution is -2.41. The monoisotopic (exact) mass is 496 g/mol. The van der Waals surface area contributed by atoms with E-state index < -0.39 is 29.3 Å². The number of nitrogens with zero attached hydrogens (tertiary/aromatic N) is 2. The van der Waals surface area contributed by atoms with Crippen LogP contribution in [0.5, 0.6) is 0 Å². The second-order valence-corrected chi connectivity index (χ2v) is 8.17. The minimum atomic E-state index is -1.08. The van der Waals surface area contributed by atoms with Gasteiger partial charge in [0.05, 0.1) is 13.2 Å². The van der Waals surface area contributed by atoms with Crippen molar-refractivity contribution in [3.8, 4) is 0 Å². The first-order valence-corrected chi connectivity index (χ1v) is 10.6. The van der Waals surface area contributed by atoms with Crippen molar-refractivity contribution in [2.75, 3.05) is 26.7 Å². The summed E-state index contributed by atoms with van der Waals surface area (Å²) in [5.74, 6) is -3.15. The fraction of sp³-hybridized carbons (Fsp3) is 0.364. The van der Waals surface area contributed by atoms with Gasteiger partial charge in [-0.05, 0) is 48.2 Å². The zero-order valence-electron chi connectivity index (χ0n) is 17.0. The Kier molecular flexibility index (Phi) is 7.74. The Hall–Kier alpha value is -2.36. The Morgan fingerprint density at radius 3 is 2.58 bits per heavy atom. The predicted molar refractivity (Wildman–Crippen MR) is 113 cm³/mol. The van der Waals surface area contributed by atoms with Crippen LogP contribution in [0.3, 0.4) is 0 Å². The van der Waals surface area contributed by atoms with E-state index in [9.17, 15) is 23.5 Å². The number of methoxy groups -OCH3 is 1. The van der Waals surface area contributed by atoms with E-state index in [4.69, 9.17) is 0 Å². The highest BCUT2D eigenvalue weighted by Gasteiger charge is 2.29. The van der Waals surface area contributed by atoms with Crippen LogP contribution < -0.4 is 0 Å². The van der Waals surface area contributed by atoms with Gasteiger partial charge in [-0.2, -0.15) is 0 Å². The number of hydrogen-bond acceptors (Lipinski definition) is 5. The van der Waals surface area contributed by atoms with E-state index in [1.807, 2.05) is 29.3 Å². The van der Waals surface area contributed by atoms with Crippen molar-refractivity contribution in [1.29, 1.82) is 0 Å². The van der Waals surface area contributed by atoms with Crippen molar-refractivity contribution in [2.45, 2.75) is 25.4 Å². The Bertz CT molecular complexity index is 949. The molecule has 1 unspecified atom stereocenters. The van der Waals surface area contributed by atoms with Crippen LogP contribution in [0.15, 0.2) is 40.9 Å². The summed E-state index contributed by atoms with van der Waals surface area (Å²) in [4.78, 5) is 23.8. The van der Waals surface area contributed by atoms with Crippen molar-refractivity contribution < 1.29 is 28.2 Å². The van der Waals surface area contributed by atoms with Gasteiger partial charge < -0.3 is 9.84 Å². The maximum absolute atomic E-state index is 14.1. The molecule has 166 valence electrons. The van der Waals surface area contributed by atoms with Gasteiger partial charge in [-0.1, -0.05) is 28.1 Å². The number of aliphatic hydroxyl groups is 1. The van der Waals surface area contributed by atoms with Crippen molar-refractivity contribution >= 4 is 27.8 Å². The average Bonchev–Trinajstić information content (AvgIpc) is 3.09. The fourth-order valence-electron chi connectivity index (χ4n) is 3.58. The second-order valence-electron chi connectivity index (χ2n) is 7.26. The summed E-state index contributed by atoms with van der Waals surface area (Å²) in [7, 11) is 1.05. The summed E-state index contributed by atoms with van der Waals surface area (Å²) in [6.07, 6.45) is 0.309. The van der Waals surface area contributed by atoms with Gasteiger partial charge in [0.2, 0.25) is 5.91 Å². The zero-order chi connectivity index (χ0) is 22.5. The van der Waals surface area contributed by atoms with Crippen molar-refractivity contribution in [2.24, 2.45) is 0 Å². The molecule has 31 heavy (non-hydrogen) atoms. The van der Waals surface area contributed by atoms with Crippen LogP contribution in [0.25, 0.3) is 0 Å². The van der Waals surface area contributed by atoms with Crippen LogP contribution in [0.2, 0.25) is 0 Å². The van der Waals surface area contributed by atoms with Gasteiger partial charge in [0.25, 0.3) is 0 Å². The molecule has 0 aliphatic carbocycles. The minimum Gasteiger partial charge on any atom is -0.465 e. The second kappa shape index (κ2) is 10.3. The molecule has 0 radical (unpaired) electrons. The van der Waals surface area contributed by atoms with E-state index >= 15 is 0 Å². The Morgan fingerprint density at radius 2 is 1.94 bits per heavy atom. The molecule has 0 saturated carbocycles. The van der Waals surface area contributed by atoms with Crippen molar-refractivity contribution in [3.63, 3.8) is 0 Å². The number of benzene rings is 2. The number of rotatable bonds is 8. The maximum atomic E-state index is 14.1. The van der Waals surface area contributed by atoms with Crippen LogP contribution in [-0.2, 0) is 16.0 Å². The number of amides is 1. The summed E-state index contributed by atoms with van der Waals surface area (Å²) < 4.78 is 33.5. The molecule has 1 saturated heterocycles. The molecular formula is C22H23BrF2N2O4. The first-order valence-electron chi connectivity index (χ1n) is 9.85. The molecule has 6 nitrogen and oxygen atoms in total. The molecule has 1 aliphatic heterocycles. The highest BCUT2D eigenvalue weighted by molar-refractivity contribution is 9.10. The quantitative estimate of drug-likeness (QED) is 0.565. The molecule has 1 amide bonds. The third-order valence-corrected chi connectivity index (χ3v) is 5.70. The Labute approximate surface area is 187 Å². The summed E-state index contributed by atoms with van der Waals surface area (Å²) >= 11 is 3.38. The molecule has 3 rings (SSSR count). The molecular weight excluding hydrogens is 474 g/mol. The number of carbonyl (C=O) groups excluding carboxylic acids is 2. The third-order valence-electron chi connectivity index (χ3n) is 5.21. The molecule has 9 heteroatoms. The average molecular weight is 497 g/mol. The molecule has 1 fully saturated rings. The van der Waals surface area contributed by atoms with E-state index in [-0.39, 0.29) is 18.9 Å². The van der Waals surface area contributed by atoms with E-state index in [0.717, 1.165) is 29.3 Å². The molecule has 1 aliphatic rings. The van der Waals surface area contributed by atoms with Gasteiger partial charge in [-0.15, -0.1) is 0 Å². The van der Waals surface area contributed by atoms with Crippen molar-refractivity contribution in [3.05, 3.63) is 69.2 Å². The Morgan fingerprint density at radius 1 is 1.23 bits per heavy atom. The first kappa shape index (κ1) is 23.3. The van der Waals surface area contributed by atoms with Crippen LogP contribution in [0, 0.1) is 11.6 Å². The highest BCUT2D eigenvalue weighted by atomic mass is 79.9. The topological polar surface area (TPSA) is 70.1 Å². The largest absolute Gasteiger partial charge is 0.465 e. The zero-order valence-corrected chi connectivity index (χ0v) is 18.6. The Balaban J connectivity index is 1.61. The summed E-state index contributed by atoms with van der Waals surface area (Å²) in [5, 5.41) is 13.8. The molecule has 1 atom stereocenters. The molecule has 0 spiro atoms. The number of hydrogen-bond donors (Lipinski definition) is 1. The van der Waals surface area contributed by atoms with Crippen LogP contribution in [0.1, 0.15) is 40.4 Å². The summed E-state index contributed by atoms with van der Waals surface area (Å²) in [6, 6.07) is 9.56. The lowest BCUT2D eigenvalue weighted by atomic mass is 10.1. The van der Waals surface area contributed by atoms with Crippen LogP contribution in [0.4, 0.5) is 8.78 Å². The van der Waals surface area contributed by atoms with E-state index in [0.29, 0.717) is 31.5 Å². The minimum absolute atomic E-state index is 0.0796. The molecule has 1 N–H and O–H groups in total. The number of carbonyl (C=O) groups is 2. The first-order chi connectivity index (χ1) is 14.8. The van der Waals surface area contributed by atoms with Crippen molar-refractivity contribution in [1.82, 2.24) is 10.0 Å². The number of halogens is 3. The third kappa shape index (κ3) is 5.66. The SMILES string of the molecule is COC(=O)c1c(F)cc(CCN2C(=O)CCN2CCC(O)c2cccc(Br)c2)cc1F. The highest BCUT2D eigenvalue weighted by Crippen LogP contribution is 2.23. The number of esters is 1. The van der Waals surface area contributed by atoms with Gasteiger partial charge >= 0.3 is 5.97 Å². The smallest absolute Gasteiger partial charge is 0.343 e. The number of ether oxygens (including phenoxy) is 1. The van der Waals surface area contributed by atoms with Crippen LogP contribution >= 0.6 is 15.9 Å². The van der Waals surface area contributed by atoms with Gasteiger partial charge in [-0.25, -0.2) is 18.6 Å². The number of hydrazine groups is 1. The van der Waals surface area contributed by atoms with Gasteiger partial charge in [0, 0.05) is 30.5 Å². The fourth-order valence-corrected chi connectivity index (χ4v) is 4.00. The maximum Gasteiger partial charge on any atom is 0.343 e. The van der Waals surface area contributed by atoms with Crippen LogP contribution in [-0.4, -0.2) is 53.7 Å². The standard InChI is InChI=1S/C22H23BrF2N2O4/c1-31-22(30)21-17(24)11-14(12-18(21)25)5-10-27-20(29)7-9-26(27)8-6-19(28)15-3-2-4-16(23)13-15/h2-4,11-13,19,28H,5-10H2,1H3. The normalized spacial score (nSPS) is 15.4.